The Hall–Kier alpha value is -1.03. The molecule has 0 aliphatic rings. The van der Waals surface area contributed by atoms with Gasteiger partial charge in [-0.15, -0.1) is 10.2 Å². The van der Waals surface area contributed by atoms with Crippen LogP contribution in [0.3, 0.4) is 0 Å². The van der Waals surface area contributed by atoms with Gasteiger partial charge in [-0.05, 0) is 25.1 Å². The number of rotatable bonds is 0. The minimum absolute atomic E-state index is 0.699. The molecule has 4 heteroatoms. The van der Waals surface area contributed by atoms with Crippen LogP contribution in [0.4, 0.5) is 0 Å². The molecule has 0 amide bonds. The van der Waals surface area contributed by atoms with E-state index in [1.54, 1.807) is 0 Å². The average Bonchev–Trinajstić information content (AvgIpc) is 2.05. The summed E-state index contributed by atoms with van der Waals surface area (Å²) < 4.78 is 0.995. The Morgan fingerprint density at radius 1 is 1.17 bits per heavy atom. The first-order valence-corrected chi connectivity index (χ1v) is 4.31. The van der Waals surface area contributed by atoms with E-state index in [0.29, 0.717) is 5.82 Å². The highest BCUT2D eigenvalue weighted by atomic mass is 79.9. The molecule has 0 radical (unpaired) electrons. The predicted molar refractivity (Wildman–Crippen MR) is 49.8 cm³/mol. The van der Waals surface area contributed by atoms with Crippen LogP contribution in [0, 0.1) is 6.92 Å². The highest BCUT2D eigenvalue weighted by molar-refractivity contribution is 9.10. The van der Waals surface area contributed by atoms with Crippen molar-refractivity contribution >= 4 is 27.0 Å². The van der Waals surface area contributed by atoms with Crippen molar-refractivity contribution in [1.29, 1.82) is 0 Å². The Labute approximate surface area is 78.0 Å². The van der Waals surface area contributed by atoms with Crippen LogP contribution in [0.5, 0.6) is 0 Å². The molecular formula is C8H6BrN3. The summed E-state index contributed by atoms with van der Waals surface area (Å²) in [6.07, 6.45) is 0. The van der Waals surface area contributed by atoms with Crippen molar-refractivity contribution in [2.24, 2.45) is 0 Å². The summed E-state index contributed by atoms with van der Waals surface area (Å²) in [5.74, 6) is 0.699. The second kappa shape index (κ2) is 2.79. The molecule has 0 aliphatic carbocycles. The van der Waals surface area contributed by atoms with Crippen molar-refractivity contribution in [1.82, 2.24) is 15.2 Å². The van der Waals surface area contributed by atoms with Gasteiger partial charge >= 0.3 is 0 Å². The Balaban J connectivity index is 2.79. The van der Waals surface area contributed by atoms with Crippen LogP contribution in [0.25, 0.3) is 11.0 Å². The number of fused-ring (bicyclic) bond motifs is 1. The standard InChI is InChI=1S/C8H6BrN3/c1-5-10-7-3-2-6(9)4-8(7)12-11-5/h2-4H,1H3. The second-order valence-electron chi connectivity index (χ2n) is 2.49. The Bertz CT molecular complexity index is 386. The summed E-state index contributed by atoms with van der Waals surface area (Å²) in [5.41, 5.74) is 1.70. The van der Waals surface area contributed by atoms with Gasteiger partial charge in [0.25, 0.3) is 0 Å². The molecular weight excluding hydrogens is 218 g/mol. The molecule has 0 atom stereocenters. The Kier molecular flexibility index (Phi) is 1.77. The maximum Gasteiger partial charge on any atom is 0.148 e. The van der Waals surface area contributed by atoms with Crippen LogP contribution in [0.15, 0.2) is 22.7 Å². The molecule has 1 aromatic heterocycles. The SMILES string of the molecule is Cc1nnc2cc(Br)ccc2n1. The normalized spacial score (nSPS) is 10.5. The van der Waals surface area contributed by atoms with Gasteiger partial charge < -0.3 is 0 Å². The minimum Gasteiger partial charge on any atom is -0.230 e. The molecule has 60 valence electrons. The first-order valence-electron chi connectivity index (χ1n) is 3.52. The lowest BCUT2D eigenvalue weighted by Gasteiger charge is -1.96. The maximum atomic E-state index is 4.22. The van der Waals surface area contributed by atoms with Gasteiger partial charge in [-0.2, -0.15) is 0 Å². The third-order valence-electron chi connectivity index (χ3n) is 1.52. The first-order chi connectivity index (χ1) is 5.75. The number of aromatic nitrogens is 3. The van der Waals surface area contributed by atoms with Gasteiger partial charge in [0.2, 0.25) is 0 Å². The van der Waals surface area contributed by atoms with Crippen molar-refractivity contribution in [3.63, 3.8) is 0 Å². The lowest BCUT2D eigenvalue weighted by atomic mass is 10.3. The highest BCUT2D eigenvalue weighted by Gasteiger charge is 1.97. The van der Waals surface area contributed by atoms with E-state index in [4.69, 9.17) is 0 Å². The zero-order chi connectivity index (χ0) is 8.55. The number of nitrogens with zero attached hydrogens (tertiary/aromatic N) is 3. The van der Waals surface area contributed by atoms with E-state index in [0.717, 1.165) is 15.5 Å². The summed E-state index contributed by atoms with van der Waals surface area (Å²) in [4.78, 5) is 4.22. The van der Waals surface area contributed by atoms with Crippen LogP contribution >= 0.6 is 15.9 Å². The van der Waals surface area contributed by atoms with Crippen LogP contribution < -0.4 is 0 Å². The molecule has 3 nitrogen and oxygen atoms in total. The van der Waals surface area contributed by atoms with Gasteiger partial charge in [-0.3, -0.25) is 0 Å². The molecule has 0 fully saturated rings. The van der Waals surface area contributed by atoms with Gasteiger partial charge in [-0.25, -0.2) is 4.98 Å². The van der Waals surface area contributed by atoms with Gasteiger partial charge in [0, 0.05) is 4.47 Å². The van der Waals surface area contributed by atoms with E-state index in [1.165, 1.54) is 0 Å². The largest absolute Gasteiger partial charge is 0.230 e. The molecule has 0 spiro atoms. The zero-order valence-corrected chi connectivity index (χ0v) is 8.04. The molecule has 1 aromatic carbocycles. The molecule has 1 heterocycles. The molecule has 0 N–H and O–H groups in total. The Morgan fingerprint density at radius 3 is 2.83 bits per heavy atom. The number of hydrogen-bond donors (Lipinski definition) is 0. The summed E-state index contributed by atoms with van der Waals surface area (Å²) in [5, 5.41) is 7.87. The maximum absolute atomic E-state index is 4.22. The lowest BCUT2D eigenvalue weighted by Crippen LogP contribution is -1.91. The van der Waals surface area contributed by atoms with Gasteiger partial charge in [0.1, 0.15) is 11.3 Å². The Morgan fingerprint density at radius 2 is 2.00 bits per heavy atom. The van der Waals surface area contributed by atoms with E-state index in [-0.39, 0.29) is 0 Å². The molecule has 0 saturated heterocycles. The van der Waals surface area contributed by atoms with Crippen molar-refractivity contribution in [2.75, 3.05) is 0 Å². The second-order valence-corrected chi connectivity index (χ2v) is 3.41. The monoisotopic (exact) mass is 223 g/mol. The topological polar surface area (TPSA) is 38.7 Å². The molecule has 0 unspecified atom stereocenters. The van der Waals surface area contributed by atoms with E-state index in [1.807, 2.05) is 25.1 Å². The van der Waals surface area contributed by atoms with Crippen LogP contribution in [0.1, 0.15) is 5.82 Å². The number of aryl methyl sites for hydroxylation is 1. The number of hydrogen-bond acceptors (Lipinski definition) is 3. The minimum atomic E-state index is 0.699. The first kappa shape index (κ1) is 7.61. The number of benzene rings is 1. The van der Waals surface area contributed by atoms with E-state index in [2.05, 4.69) is 31.1 Å². The van der Waals surface area contributed by atoms with Crippen molar-refractivity contribution in [3.8, 4) is 0 Å². The van der Waals surface area contributed by atoms with Crippen molar-refractivity contribution in [2.45, 2.75) is 6.92 Å². The smallest absolute Gasteiger partial charge is 0.148 e. The molecule has 12 heavy (non-hydrogen) atoms. The van der Waals surface area contributed by atoms with Crippen LogP contribution in [-0.4, -0.2) is 15.2 Å². The fraction of sp³-hybridized carbons (Fsp3) is 0.125. The summed E-state index contributed by atoms with van der Waals surface area (Å²) >= 11 is 3.36. The molecule has 2 rings (SSSR count). The number of halogens is 1. The van der Waals surface area contributed by atoms with Gasteiger partial charge in [0.15, 0.2) is 0 Å². The molecule has 0 saturated carbocycles. The van der Waals surface area contributed by atoms with Gasteiger partial charge in [0.05, 0.1) is 5.52 Å². The molecule has 2 aromatic rings. The highest BCUT2D eigenvalue weighted by Crippen LogP contribution is 2.15. The zero-order valence-electron chi connectivity index (χ0n) is 6.45. The van der Waals surface area contributed by atoms with Crippen LogP contribution in [0.2, 0.25) is 0 Å². The predicted octanol–water partition coefficient (Wildman–Crippen LogP) is 2.10. The van der Waals surface area contributed by atoms with Crippen LogP contribution in [-0.2, 0) is 0 Å². The average molecular weight is 224 g/mol. The third-order valence-corrected chi connectivity index (χ3v) is 2.02. The molecule has 0 aliphatic heterocycles. The fourth-order valence-corrected chi connectivity index (χ4v) is 1.34. The lowest BCUT2D eigenvalue weighted by molar-refractivity contribution is 0.951. The quantitative estimate of drug-likeness (QED) is 0.687. The van der Waals surface area contributed by atoms with Gasteiger partial charge in [-0.1, -0.05) is 15.9 Å². The fourth-order valence-electron chi connectivity index (χ4n) is 0.994. The van der Waals surface area contributed by atoms with Crippen molar-refractivity contribution < 1.29 is 0 Å². The van der Waals surface area contributed by atoms with E-state index in [9.17, 15) is 0 Å². The molecule has 0 bridgehead atoms. The van der Waals surface area contributed by atoms with Crippen molar-refractivity contribution in [3.05, 3.63) is 28.5 Å². The summed E-state index contributed by atoms with van der Waals surface area (Å²) in [6, 6.07) is 5.76. The summed E-state index contributed by atoms with van der Waals surface area (Å²) in [6.45, 7) is 1.83. The van der Waals surface area contributed by atoms with E-state index >= 15 is 0 Å². The third kappa shape index (κ3) is 1.30. The summed E-state index contributed by atoms with van der Waals surface area (Å²) in [7, 11) is 0. The van der Waals surface area contributed by atoms with E-state index < -0.39 is 0 Å².